The van der Waals surface area contributed by atoms with Gasteiger partial charge < -0.3 is 10.4 Å². The van der Waals surface area contributed by atoms with Crippen LogP contribution in [0.1, 0.15) is 45.2 Å². The van der Waals surface area contributed by atoms with Crippen molar-refractivity contribution in [3.8, 4) is 0 Å². The van der Waals surface area contributed by atoms with Crippen LogP contribution in [0, 0.1) is 0 Å². The molecule has 120 valence electrons. The summed E-state index contributed by atoms with van der Waals surface area (Å²) in [5.74, 6) is 0. The average Bonchev–Trinajstić information content (AvgIpc) is 2.52. The Kier molecular flexibility index (Phi) is 6.34. The van der Waals surface area contributed by atoms with E-state index in [-0.39, 0.29) is 10.9 Å². The summed E-state index contributed by atoms with van der Waals surface area (Å²) in [6.45, 7) is 6.44. The standard InChI is InChI=1S/C15H26N2O3S/c1-5-15(18,6-2)11-17-12(3)13-7-9-14(10-8-13)21(19,20)16-4/h7-10,12,16-18H,5-6,11H2,1-4H3. The SMILES string of the molecule is CCC(O)(CC)CNC(C)c1ccc(S(=O)(=O)NC)cc1. The third-order valence-electron chi connectivity index (χ3n) is 4.01. The lowest BCUT2D eigenvalue weighted by Crippen LogP contribution is -2.40. The van der Waals surface area contributed by atoms with Crippen molar-refractivity contribution in [1.82, 2.24) is 10.0 Å². The maximum atomic E-state index is 11.7. The van der Waals surface area contributed by atoms with E-state index in [1.165, 1.54) is 7.05 Å². The van der Waals surface area contributed by atoms with Gasteiger partial charge in [-0.2, -0.15) is 0 Å². The van der Waals surface area contributed by atoms with Crippen molar-refractivity contribution in [2.75, 3.05) is 13.6 Å². The number of sulfonamides is 1. The van der Waals surface area contributed by atoms with Crippen LogP contribution in [-0.4, -0.2) is 32.7 Å². The van der Waals surface area contributed by atoms with E-state index in [2.05, 4.69) is 10.0 Å². The zero-order chi connectivity index (χ0) is 16.1. The summed E-state index contributed by atoms with van der Waals surface area (Å²) in [5, 5.41) is 13.6. The van der Waals surface area contributed by atoms with Crippen molar-refractivity contribution < 1.29 is 13.5 Å². The van der Waals surface area contributed by atoms with Crippen LogP contribution in [0.5, 0.6) is 0 Å². The molecular formula is C15H26N2O3S. The number of benzene rings is 1. The van der Waals surface area contributed by atoms with Crippen LogP contribution in [-0.2, 0) is 10.0 Å². The van der Waals surface area contributed by atoms with Gasteiger partial charge >= 0.3 is 0 Å². The van der Waals surface area contributed by atoms with Gasteiger partial charge in [-0.3, -0.25) is 0 Å². The van der Waals surface area contributed by atoms with Crippen molar-refractivity contribution in [3.63, 3.8) is 0 Å². The second kappa shape index (κ2) is 7.35. The van der Waals surface area contributed by atoms with E-state index < -0.39 is 15.6 Å². The highest BCUT2D eigenvalue weighted by molar-refractivity contribution is 7.89. The Morgan fingerprint density at radius 2 is 1.71 bits per heavy atom. The summed E-state index contributed by atoms with van der Waals surface area (Å²) in [7, 11) is -2.00. The molecule has 3 N–H and O–H groups in total. The Hall–Kier alpha value is -0.950. The van der Waals surface area contributed by atoms with E-state index in [1.807, 2.05) is 20.8 Å². The third-order valence-corrected chi connectivity index (χ3v) is 5.44. The molecule has 0 aliphatic heterocycles. The number of nitrogens with one attached hydrogen (secondary N) is 2. The Morgan fingerprint density at radius 1 is 1.19 bits per heavy atom. The van der Waals surface area contributed by atoms with Crippen molar-refractivity contribution in [1.29, 1.82) is 0 Å². The fraction of sp³-hybridized carbons (Fsp3) is 0.600. The molecule has 1 atom stereocenters. The lowest BCUT2D eigenvalue weighted by Gasteiger charge is -2.27. The van der Waals surface area contributed by atoms with E-state index in [0.717, 1.165) is 5.56 Å². The summed E-state index contributed by atoms with van der Waals surface area (Å²) in [6, 6.07) is 6.80. The minimum atomic E-state index is -3.39. The van der Waals surface area contributed by atoms with Gasteiger partial charge in [-0.1, -0.05) is 26.0 Å². The highest BCUT2D eigenvalue weighted by Gasteiger charge is 2.22. The van der Waals surface area contributed by atoms with Crippen molar-refractivity contribution in [3.05, 3.63) is 29.8 Å². The predicted octanol–water partition coefficient (Wildman–Crippen LogP) is 1.80. The molecule has 0 heterocycles. The molecule has 0 aromatic heterocycles. The maximum Gasteiger partial charge on any atom is 0.240 e. The zero-order valence-corrected chi connectivity index (χ0v) is 14.0. The van der Waals surface area contributed by atoms with Crippen LogP contribution in [0.3, 0.4) is 0 Å². The molecule has 0 aliphatic rings. The molecule has 0 bridgehead atoms. The van der Waals surface area contributed by atoms with Crippen LogP contribution in [0.25, 0.3) is 0 Å². The summed E-state index contributed by atoms with van der Waals surface area (Å²) >= 11 is 0. The third kappa shape index (κ3) is 4.78. The Labute approximate surface area is 127 Å². The first kappa shape index (κ1) is 18.1. The number of rotatable bonds is 8. The summed E-state index contributed by atoms with van der Waals surface area (Å²) in [4.78, 5) is 0.250. The van der Waals surface area contributed by atoms with Gasteiger partial charge in [0.15, 0.2) is 0 Å². The van der Waals surface area contributed by atoms with E-state index in [0.29, 0.717) is 19.4 Å². The Bertz CT molecular complexity index is 537. The smallest absolute Gasteiger partial charge is 0.240 e. The molecule has 1 aromatic rings. The van der Waals surface area contributed by atoms with Gasteiger partial charge in [0.05, 0.1) is 10.5 Å². The fourth-order valence-electron chi connectivity index (χ4n) is 2.01. The molecular weight excluding hydrogens is 288 g/mol. The van der Waals surface area contributed by atoms with E-state index in [9.17, 15) is 13.5 Å². The lowest BCUT2D eigenvalue weighted by molar-refractivity contribution is 0.0303. The van der Waals surface area contributed by atoms with Crippen molar-refractivity contribution in [2.24, 2.45) is 0 Å². The van der Waals surface area contributed by atoms with Gasteiger partial charge in [0.2, 0.25) is 10.0 Å². The maximum absolute atomic E-state index is 11.7. The van der Waals surface area contributed by atoms with E-state index >= 15 is 0 Å². The van der Waals surface area contributed by atoms with Gasteiger partial charge in [0.1, 0.15) is 0 Å². The number of hydrogen-bond acceptors (Lipinski definition) is 4. The molecule has 6 heteroatoms. The monoisotopic (exact) mass is 314 g/mol. The van der Waals surface area contributed by atoms with Crippen LogP contribution in [0.4, 0.5) is 0 Å². The largest absolute Gasteiger partial charge is 0.389 e. The molecule has 1 rings (SSSR count). The van der Waals surface area contributed by atoms with Gasteiger partial charge in [-0.25, -0.2) is 13.1 Å². The van der Waals surface area contributed by atoms with Gasteiger partial charge in [0.25, 0.3) is 0 Å². The first-order valence-corrected chi connectivity index (χ1v) is 8.75. The molecule has 0 fully saturated rings. The number of hydrogen-bond donors (Lipinski definition) is 3. The Balaban J connectivity index is 2.74. The normalized spacial score (nSPS) is 14.1. The molecule has 5 nitrogen and oxygen atoms in total. The highest BCUT2D eigenvalue weighted by Crippen LogP contribution is 2.19. The van der Waals surface area contributed by atoms with Gasteiger partial charge in [-0.05, 0) is 44.5 Å². The average molecular weight is 314 g/mol. The molecule has 0 saturated carbocycles. The van der Waals surface area contributed by atoms with Crippen LogP contribution in [0.2, 0.25) is 0 Å². The molecule has 21 heavy (non-hydrogen) atoms. The fourth-order valence-corrected chi connectivity index (χ4v) is 2.74. The quantitative estimate of drug-likeness (QED) is 0.683. The molecule has 0 amide bonds. The zero-order valence-electron chi connectivity index (χ0n) is 13.2. The molecule has 0 aliphatic carbocycles. The minimum absolute atomic E-state index is 0.0426. The highest BCUT2D eigenvalue weighted by atomic mass is 32.2. The lowest BCUT2D eigenvalue weighted by atomic mass is 9.96. The summed E-state index contributed by atoms with van der Waals surface area (Å²) < 4.78 is 25.6. The van der Waals surface area contributed by atoms with E-state index in [1.54, 1.807) is 24.3 Å². The molecule has 0 spiro atoms. The van der Waals surface area contributed by atoms with E-state index in [4.69, 9.17) is 0 Å². The molecule has 0 saturated heterocycles. The van der Waals surface area contributed by atoms with Crippen molar-refractivity contribution in [2.45, 2.75) is 50.2 Å². The molecule has 1 aromatic carbocycles. The second-order valence-corrected chi connectivity index (χ2v) is 7.20. The van der Waals surface area contributed by atoms with Crippen LogP contribution >= 0.6 is 0 Å². The second-order valence-electron chi connectivity index (χ2n) is 5.31. The topological polar surface area (TPSA) is 78.4 Å². The predicted molar refractivity (Wildman–Crippen MR) is 84.6 cm³/mol. The van der Waals surface area contributed by atoms with Crippen molar-refractivity contribution >= 4 is 10.0 Å². The molecule has 0 radical (unpaired) electrons. The Morgan fingerprint density at radius 3 is 2.14 bits per heavy atom. The first-order chi connectivity index (χ1) is 9.78. The van der Waals surface area contributed by atoms with Gasteiger partial charge in [-0.15, -0.1) is 0 Å². The minimum Gasteiger partial charge on any atom is -0.389 e. The molecule has 1 unspecified atom stereocenters. The summed E-state index contributed by atoms with van der Waals surface area (Å²) in [5.41, 5.74) is 0.295. The van der Waals surface area contributed by atoms with Crippen LogP contribution < -0.4 is 10.0 Å². The van der Waals surface area contributed by atoms with Crippen LogP contribution in [0.15, 0.2) is 29.2 Å². The number of aliphatic hydroxyl groups is 1. The van der Waals surface area contributed by atoms with Gasteiger partial charge in [0, 0.05) is 12.6 Å². The summed E-state index contributed by atoms with van der Waals surface area (Å²) in [6.07, 6.45) is 1.39. The first-order valence-electron chi connectivity index (χ1n) is 7.27.